The van der Waals surface area contributed by atoms with Gasteiger partial charge in [-0.15, -0.1) is 0 Å². The second kappa shape index (κ2) is 8.31. The molecule has 0 unspecified atom stereocenters. The van der Waals surface area contributed by atoms with Crippen LogP contribution in [0.1, 0.15) is 12.5 Å². The van der Waals surface area contributed by atoms with Crippen LogP contribution in [0.3, 0.4) is 0 Å². The number of carbonyl (C=O) groups is 2. The molecule has 1 amide bonds. The van der Waals surface area contributed by atoms with Gasteiger partial charge in [-0.05, 0) is 42.8 Å². The van der Waals surface area contributed by atoms with Crippen molar-refractivity contribution in [3.63, 3.8) is 0 Å². The van der Waals surface area contributed by atoms with Crippen molar-refractivity contribution < 1.29 is 14.3 Å². The van der Waals surface area contributed by atoms with Gasteiger partial charge in [-0.2, -0.15) is 0 Å². The number of benzene rings is 2. The van der Waals surface area contributed by atoms with Gasteiger partial charge in [-0.1, -0.05) is 41.9 Å². The normalized spacial score (nSPS) is 12.0. The molecular weight excluding hydrogens is 326 g/mol. The molecule has 0 aromatic heterocycles. The molecule has 24 heavy (non-hydrogen) atoms. The fourth-order valence-electron chi connectivity index (χ4n) is 2.09. The van der Waals surface area contributed by atoms with Gasteiger partial charge in [0.15, 0.2) is 6.10 Å². The van der Waals surface area contributed by atoms with Crippen molar-refractivity contribution in [2.75, 3.05) is 11.9 Å². The summed E-state index contributed by atoms with van der Waals surface area (Å²) >= 11 is 5.88. The van der Waals surface area contributed by atoms with Crippen molar-refractivity contribution in [3.05, 3.63) is 71.3 Å². The lowest BCUT2D eigenvalue weighted by molar-refractivity contribution is -0.148. The quantitative estimate of drug-likeness (QED) is 0.610. The summed E-state index contributed by atoms with van der Waals surface area (Å²) < 4.78 is 5.16. The number of amides is 1. The number of rotatable bonds is 5. The molecule has 2 aromatic rings. The topological polar surface area (TPSA) is 46.6 Å². The number of nitrogens with zero attached hydrogens (tertiary/aromatic N) is 1. The van der Waals surface area contributed by atoms with Crippen molar-refractivity contribution in [2.24, 2.45) is 0 Å². The van der Waals surface area contributed by atoms with E-state index in [1.807, 2.05) is 36.4 Å². The lowest BCUT2D eigenvalue weighted by Crippen LogP contribution is -2.37. The lowest BCUT2D eigenvalue weighted by atomic mass is 10.2. The maximum Gasteiger partial charge on any atom is 0.331 e. The molecule has 4 nitrogen and oxygen atoms in total. The van der Waals surface area contributed by atoms with Gasteiger partial charge in [0.1, 0.15) is 0 Å². The number of para-hydroxylation sites is 1. The van der Waals surface area contributed by atoms with Crippen LogP contribution in [-0.2, 0) is 14.3 Å². The number of halogens is 1. The number of ether oxygens (including phenoxy) is 1. The number of hydrogen-bond donors (Lipinski definition) is 0. The van der Waals surface area contributed by atoms with E-state index in [-0.39, 0.29) is 5.91 Å². The minimum Gasteiger partial charge on any atom is -0.449 e. The molecule has 0 aliphatic rings. The molecule has 0 aliphatic carbocycles. The summed E-state index contributed by atoms with van der Waals surface area (Å²) in [6, 6.07) is 16.2. The van der Waals surface area contributed by atoms with Crippen molar-refractivity contribution in [2.45, 2.75) is 13.0 Å². The molecule has 0 saturated carbocycles. The van der Waals surface area contributed by atoms with E-state index in [1.165, 1.54) is 11.0 Å². The van der Waals surface area contributed by atoms with E-state index in [9.17, 15) is 9.59 Å². The summed E-state index contributed by atoms with van der Waals surface area (Å²) in [5.41, 5.74) is 1.51. The SMILES string of the molecule is C[C@H](OC(=O)/C=C/c1cccc(Cl)c1)C(=O)N(C)c1ccccc1. The lowest BCUT2D eigenvalue weighted by Gasteiger charge is -2.21. The Bertz CT molecular complexity index is 743. The zero-order chi connectivity index (χ0) is 17.5. The zero-order valence-corrected chi connectivity index (χ0v) is 14.2. The van der Waals surface area contributed by atoms with Gasteiger partial charge < -0.3 is 9.64 Å². The average Bonchev–Trinajstić information content (AvgIpc) is 2.59. The van der Waals surface area contributed by atoms with E-state index in [0.717, 1.165) is 11.3 Å². The van der Waals surface area contributed by atoms with Gasteiger partial charge in [0.2, 0.25) is 0 Å². The Hall–Kier alpha value is -2.59. The Labute approximate surface area is 146 Å². The van der Waals surface area contributed by atoms with E-state index < -0.39 is 12.1 Å². The van der Waals surface area contributed by atoms with Gasteiger partial charge in [0.05, 0.1) is 0 Å². The number of carbonyl (C=O) groups excluding carboxylic acids is 2. The number of hydrogen-bond acceptors (Lipinski definition) is 3. The second-order valence-corrected chi connectivity index (χ2v) is 5.64. The highest BCUT2D eigenvalue weighted by atomic mass is 35.5. The highest BCUT2D eigenvalue weighted by Gasteiger charge is 2.21. The summed E-state index contributed by atoms with van der Waals surface area (Å²) in [4.78, 5) is 25.6. The van der Waals surface area contributed by atoms with Crippen LogP contribution >= 0.6 is 11.6 Å². The third-order valence-electron chi connectivity index (χ3n) is 3.38. The van der Waals surface area contributed by atoms with Gasteiger partial charge in [-0.25, -0.2) is 4.79 Å². The van der Waals surface area contributed by atoms with Crippen LogP contribution in [-0.4, -0.2) is 25.0 Å². The standard InChI is InChI=1S/C19H18ClNO3/c1-14(19(23)21(2)17-9-4-3-5-10-17)24-18(22)12-11-15-7-6-8-16(20)13-15/h3-14H,1-2H3/b12-11+/t14-/m0/s1. The van der Waals surface area contributed by atoms with E-state index in [4.69, 9.17) is 16.3 Å². The molecule has 1 atom stereocenters. The van der Waals surface area contributed by atoms with Gasteiger partial charge in [0, 0.05) is 23.8 Å². The Morgan fingerprint density at radius 3 is 2.50 bits per heavy atom. The average molecular weight is 344 g/mol. The van der Waals surface area contributed by atoms with Crippen LogP contribution in [0.5, 0.6) is 0 Å². The fourth-order valence-corrected chi connectivity index (χ4v) is 2.29. The van der Waals surface area contributed by atoms with Crippen molar-refractivity contribution in [3.8, 4) is 0 Å². The molecule has 124 valence electrons. The van der Waals surface area contributed by atoms with Crippen LogP contribution in [0.15, 0.2) is 60.7 Å². The highest BCUT2D eigenvalue weighted by molar-refractivity contribution is 6.30. The molecule has 0 heterocycles. The first kappa shape index (κ1) is 17.8. The molecule has 0 spiro atoms. The van der Waals surface area contributed by atoms with E-state index in [2.05, 4.69) is 0 Å². The molecule has 2 rings (SSSR count). The second-order valence-electron chi connectivity index (χ2n) is 5.20. The summed E-state index contributed by atoms with van der Waals surface area (Å²) in [6.07, 6.45) is 1.98. The molecule has 0 saturated heterocycles. The number of anilines is 1. The summed E-state index contributed by atoms with van der Waals surface area (Å²) in [7, 11) is 1.64. The Kier molecular flexibility index (Phi) is 6.15. The molecule has 2 aromatic carbocycles. The fraction of sp³-hybridized carbons (Fsp3) is 0.158. The molecule has 0 bridgehead atoms. The van der Waals surface area contributed by atoms with Crippen LogP contribution in [0.2, 0.25) is 5.02 Å². The smallest absolute Gasteiger partial charge is 0.331 e. The van der Waals surface area contributed by atoms with Crippen molar-refractivity contribution in [1.82, 2.24) is 0 Å². The van der Waals surface area contributed by atoms with E-state index in [0.29, 0.717) is 5.02 Å². The summed E-state index contributed by atoms with van der Waals surface area (Å²) in [5.74, 6) is -0.886. The molecular formula is C19H18ClNO3. The zero-order valence-electron chi connectivity index (χ0n) is 13.5. The number of likely N-dealkylation sites (N-methyl/N-ethyl adjacent to an activating group) is 1. The van der Waals surface area contributed by atoms with Crippen LogP contribution in [0.4, 0.5) is 5.69 Å². The summed E-state index contributed by atoms with van der Waals surface area (Å²) in [5, 5.41) is 0.582. The Morgan fingerprint density at radius 1 is 1.12 bits per heavy atom. The highest BCUT2D eigenvalue weighted by Crippen LogP contribution is 2.14. The van der Waals surface area contributed by atoms with Crippen LogP contribution < -0.4 is 4.90 Å². The van der Waals surface area contributed by atoms with Gasteiger partial charge in [-0.3, -0.25) is 4.79 Å². The van der Waals surface area contributed by atoms with Crippen molar-refractivity contribution in [1.29, 1.82) is 0 Å². The molecule has 0 radical (unpaired) electrons. The predicted molar refractivity (Wildman–Crippen MR) is 95.9 cm³/mol. The van der Waals surface area contributed by atoms with Crippen LogP contribution in [0, 0.1) is 0 Å². The largest absolute Gasteiger partial charge is 0.449 e. The molecule has 5 heteroatoms. The molecule has 0 aliphatic heterocycles. The third kappa shape index (κ3) is 4.96. The van der Waals surface area contributed by atoms with Gasteiger partial charge >= 0.3 is 5.97 Å². The first-order chi connectivity index (χ1) is 11.5. The van der Waals surface area contributed by atoms with E-state index in [1.54, 1.807) is 38.2 Å². The van der Waals surface area contributed by atoms with Crippen LogP contribution in [0.25, 0.3) is 6.08 Å². The van der Waals surface area contributed by atoms with Crippen molar-refractivity contribution >= 4 is 35.2 Å². The molecule has 0 N–H and O–H groups in total. The van der Waals surface area contributed by atoms with Gasteiger partial charge in [0.25, 0.3) is 5.91 Å². The minimum absolute atomic E-state index is 0.300. The maximum atomic E-state index is 12.3. The Balaban J connectivity index is 1.94. The predicted octanol–water partition coefficient (Wildman–Crippen LogP) is 3.95. The summed E-state index contributed by atoms with van der Waals surface area (Å²) in [6.45, 7) is 1.55. The Morgan fingerprint density at radius 2 is 1.83 bits per heavy atom. The van der Waals surface area contributed by atoms with E-state index >= 15 is 0 Å². The maximum absolute atomic E-state index is 12.3. The first-order valence-electron chi connectivity index (χ1n) is 7.44. The molecule has 0 fully saturated rings. The minimum atomic E-state index is -0.883. The monoisotopic (exact) mass is 343 g/mol. The third-order valence-corrected chi connectivity index (χ3v) is 3.61. The number of esters is 1. The first-order valence-corrected chi connectivity index (χ1v) is 7.82.